The molecule has 0 aromatic heterocycles. The minimum absolute atomic E-state index is 0.170. The van der Waals surface area contributed by atoms with Gasteiger partial charge in [-0.3, -0.25) is 9.69 Å². The van der Waals surface area contributed by atoms with Crippen LogP contribution >= 0.6 is 0 Å². The average Bonchev–Trinajstić information content (AvgIpc) is 2.46. The second-order valence-electron chi connectivity index (χ2n) is 6.29. The first-order chi connectivity index (χ1) is 11.1. The summed E-state index contributed by atoms with van der Waals surface area (Å²) in [4.78, 5) is 16.3. The summed E-state index contributed by atoms with van der Waals surface area (Å²) in [6.45, 7) is 2.64. The highest BCUT2D eigenvalue weighted by Gasteiger charge is 2.16. The Bertz CT molecular complexity index is 514. The number of benzene rings is 1. The van der Waals surface area contributed by atoms with E-state index in [0.717, 1.165) is 31.5 Å². The van der Waals surface area contributed by atoms with E-state index in [0.29, 0.717) is 13.1 Å². The van der Waals surface area contributed by atoms with E-state index in [4.69, 9.17) is 4.74 Å². The zero-order valence-corrected chi connectivity index (χ0v) is 14.2. The van der Waals surface area contributed by atoms with Crippen molar-refractivity contribution in [2.24, 2.45) is 0 Å². The fourth-order valence-electron chi connectivity index (χ4n) is 3.00. The number of amides is 1. The predicted octanol–water partition coefficient (Wildman–Crippen LogP) is 3.06. The summed E-state index contributed by atoms with van der Waals surface area (Å²) in [6, 6.07) is 4.92. The third kappa shape index (κ3) is 5.50. The molecular formula is C18H27FN2O2. The summed E-state index contributed by atoms with van der Waals surface area (Å²) in [5.41, 5.74) is 0.839. The summed E-state index contributed by atoms with van der Waals surface area (Å²) in [6.07, 6.45) is 5.90. The highest BCUT2D eigenvalue weighted by Crippen LogP contribution is 2.18. The third-order valence-electron chi connectivity index (χ3n) is 4.28. The largest absolute Gasteiger partial charge is 0.494 e. The number of nitrogens with zero attached hydrogens (tertiary/aromatic N) is 2. The van der Waals surface area contributed by atoms with E-state index >= 15 is 0 Å². The van der Waals surface area contributed by atoms with Crippen molar-refractivity contribution < 1.29 is 13.9 Å². The highest BCUT2D eigenvalue weighted by atomic mass is 19.1. The van der Waals surface area contributed by atoms with E-state index in [1.54, 1.807) is 6.07 Å². The molecular weight excluding hydrogens is 295 g/mol. The van der Waals surface area contributed by atoms with Crippen LogP contribution in [0.4, 0.5) is 4.39 Å². The van der Waals surface area contributed by atoms with Gasteiger partial charge in [-0.05, 0) is 37.6 Å². The van der Waals surface area contributed by atoms with E-state index in [-0.39, 0.29) is 17.5 Å². The smallest absolute Gasteiger partial charge is 0.236 e. The monoisotopic (exact) mass is 322 g/mol. The lowest BCUT2D eigenvalue weighted by Crippen LogP contribution is -2.40. The number of halogens is 1. The first kappa shape index (κ1) is 17.7. The van der Waals surface area contributed by atoms with Crippen molar-refractivity contribution in [1.29, 1.82) is 0 Å². The van der Waals surface area contributed by atoms with E-state index in [2.05, 4.69) is 0 Å². The minimum atomic E-state index is -0.367. The van der Waals surface area contributed by atoms with Gasteiger partial charge < -0.3 is 9.64 Å². The maximum absolute atomic E-state index is 13.7. The summed E-state index contributed by atoms with van der Waals surface area (Å²) in [7, 11) is 3.34. The molecule has 5 heteroatoms. The molecule has 2 rings (SSSR count). The van der Waals surface area contributed by atoms with Crippen LogP contribution in [-0.2, 0) is 11.3 Å². The lowest BCUT2D eigenvalue weighted by Gasteiger charge is -2.27. The van der Waals surface area contributed by atoms with Crippen molar-refractivity contribution in [3.8, 4) is 5.75 Å². The van der Waals surface area contributed by atoms with Gasteiger partial charge in [0.25, 0.3) is 0 Å². The van der Waals surface area contributed by atoms with Crippen molar-refractivity contribution in [2.75, 3.05) is 33.8 Å². The quantitative estimate of drug-likeness (QED) is 0.835. The molecule has 23 heavy (non-hydrogen) atoms. The minimum Gasteiger partial charge on any atom is -0.494 e. The molecule has 1 aliphatic rings. The average molecular weight is 322 g/mol. The topological polar surface area (TPSA) is 32.8 Å². The van der Waals surface area contributed by atoms with Crippen molar-refractivity contribution in [3.05, 3.63) is 29.6 Å². The molecule has 1 saturated heterocycles. The van der Waals surface area contributed by atoms with Gasteiger partial charge in [0.15, 0.2) is 11.6 Å². The molecule has 0 atom stereocenters. The molecule has 4 nitrogen and oxygen atoms in total. The maximum Gasteiger partial charge on any atom is 0.236 e. The second kappa shape index (κ2) is 8.87. The summed E-state index contributed by atoms with van der Waals surface area (Å²) in [5, 5.41) is 0. The van der Waals surface area contributed by atoms with Crippen molar-refractivity contribution in [1.82, 2.24) is 9.80 Å². The molecule has 0 aliphatic carbocycles. The molecule has 0 bridgehead atoms. The SMILES string of the molecule is COc1ccc(CN(C)CC(=O)N2CCCCCCC2)cc1F. The molecule has 1 aliphatic heterocycles. The third-order valence-corrected chi connectivity index (χ3v) is 4.28. The van der Waals surface area contributed by atoms with Gasteiger partial charge >= 0.3 is 0 Å². The van der Waals surface area contributed by atoms with Crippen LogP contribution in [0.15, 0.2) is 18.2 Å². The van der Waals surface area contributed by atoms with Gasteiger partial charge in [0, 0.05) is 19.6 Å². The Balaban J connectivity index is 1.86. The van der Waals surface area contributed by atoms with Gasteiger partial charge in [-0.2, -0.15) is 0 Å². The number of hydrogen-bond acceptors (Lipinski definition) is 3. The van der Waals surface area contributed by atoms with Crippen LogP contribution in [0.2, 0.25) is 0 Å². The number of likely N-dealkylation sites (N-methyl/N-ethyl adjacent to an activating group) is 1. The molecule has 0 unspecified atom stereocenters. The Morgan fingerprint density at radius 2 is 1.87 bits per heavy atom. The van der Waals surface area contributed by atoms with Crippen LogP contribution < -0.4 is 4.74 Å². The fourth-order valence-corrected chi connectivity index (χ4v) is 3.00. The van der Waals surface area contributed by atoms with E-state index in [9.17, 15) is 9.18 Å². The summed E-state index contributed by atoms with van der Waals surface area (Å²) < 4.78 is 18.6. The lowest BCUT2D eigenvalue weighted by molar-refractivity contribution is -0.132. The van der Waals surface area contributed by atoms with Crippen LogP contribution in [0.3, 0.4) is 0 Å². The highest BCUT2D eigenvalue weighted by molar-refractivity contribution is 5.78. The predicted molar refractivity (Wildman–Crippen MR) is 89.0 cm³/mol. The molecule has 128 valence electrons. The zero-order chi connectivity index (χ0) is 16.7. The standard InChI is InChI=1S/C18H27FN2O2/c1-20(13-15-8-9-17(23-2)16(19)12-15)14-18(22)21-10-6-4-3-5-7-11-21/h8-9,12H,3-7,10-11,13-14H2,1-2H3. The van der Waals surface area contributed by atoms with Gasteiger partial charge in [0.2, 0.25) is 5.91 Å². The van der Waals surface area contributed by atoms with Gasteiger partial charge in [-0.1, -0.05) is 25.3 Å². The Hall–Kier alpha value is -1.62. The molecule has 1 aromatic carbocycles. The van der Waals surface area contributed by atoms with Gasteiger partial charge in [-0.15, -0.1) is 0 Å². The molecule has 0 saturated carbocycles. The molecule has 0 N–H and O–H groups in total. The molecule has 1 amide bonds. The van der Waals surface area contributed by atoms with Crippen molar-refractivity contribution in [2.45, 2.75) is 38.6 Å². The Morgan fingerprint density at radius 3 is 2.48 bits per heavy atom. The fraction of sp³-hybridized carbons (Fsp3) is 0.611. The van der Waals surface area contributed by atoms with Gasteiger partial charge in [0.05, 0.1) is 13.7 Å². The maximum atomic E-state index is 13.7. The first-order valence-corrected chi connectivity index (χ1v) is 8.39. The number of methoxy groups -OCH3 is 1. The second-order valence-corrected chi connectivity index (χ2v) is 6.29. The van der Waals surface area contributed by atoms with E-state index in [1.165, 1.54) is 32.4 Å². The Kier molecular flexibility index (Phi) is 6.84. The van der Waals surface area contributed by atoms with E-state index < -0.39 is 0 Å². The number of rotatable bonds is 5. The molecule has 0 spiro atoms. The number of carbonyl (C=O) groups excluding carboxylic acids is 1. The van der Waals surface area contributed by atoms with E-state index in [1.807, 2.05) is 22.9 Å². The summed E-state index contributed by atoms with van der Waals surface area (Å²) >= 11 is 0. The van der Waals surface area contributed by atoms with Crippen LogP contribution in [0.25, 0.3) is 0 Å². The normalized spacial score (nSPS) is 16.1. The van der Waals surface area contributed by atoms with Crippen LogP contribution in [0.5, 0.6) is 5.75 Å². The number of hydrogen-bond donors (Lipinski definition) is 0. The van der Waals surface area contributed by atoms with Crippen LogP contribution in [0, 0.1) is 5.82 Å². The summed E-state index contributed by atoms with van der Waals surface area (Å²) in [5.74, 6) is 0.0463. The molecule has 1 aromatic rings. The Labute approximate surface area is 138 Å². The number of carbonyl (C=O) groups is 1. The van der Waals surface area contributed by atoms with Crippen LogP contribution in [-0.4, -0.2) is 49.5 Å². The molecule has 0 radical (unpaired) electrons. The van der Waals surface area contributed by atoms with Gasteiger partial charge in [0.1, 0.15) is 0 Å². The first-order valence-electron chi connectivity index (χ1n) is 8.39. The molecule has 1 heterocycles. The number of ether oxygens (including phenoxy) is 1. The molecule has 1 fully saturated rings. The number of likely N-dealkylation sites (tertiary alicyclic amines) is 1. The van der Waals surface area contributed by atoms with Gasteiger partial charge in [-0.25, -0.2) is 4.39 Å². The van der Waals surface area contributed by atoms with Crippen LogP contribution in [0.1, 0.15) is 37.7 Å². The van der Waals surface area contributed by atoms with Crippen molar-refractivity contribution >= 4 is 5.91 Å². The lowest BCUT2D eigenvalue weighted by atomic mass is 10.1. The Morgan fingerprint density at radius 1 is 1.22 bits per heavy atom. The van der Waals surface area contributed by atoms with Crippen molar-refractivity contribution in [3.63, 3.8) is 0 Å². The zero-order valence-electron chi connectivity index (χ0n) is 14.2.